The number of tetrazole rings is 1. The van der Waals surface area contributed by atoms with E-state index in [-0.39, 0.29) is 41.9 Å². The highest BCUT2D eigenvalue weighted by Crippen LogP contribution is 2.24. The van der Waals surface area contributed by atoms with Gasteiger partial charge in [-0.1, -0.05) is 37.6 Å². The molecule has 2 aromatic carbocycles. The topological polar surface area (TPSA) is 209 Å². The molecule has 0 bridgehead atoms. The maximum Gasteiger partial charge on any atom is 0.321 e. The van der Waals surface area contributed by atoms with Crippen LogP contribution < -0.4 is 27.0 Å². The Labute approximate surface area is 271 Å². The molecule has 3 aromatic rings. The summed E-state index contributed by atoms with van der Waals surface area (Å²) in [6.45, 7) is 6.66. The van der Waals surface area contributed by atoms with Crippen LogP contribution in [0.4, 0.5) is 16.2 Å². The molecule has 2 unspecified atom stereocenters. The number of piperidine rings is 1. The van der Waals surface area contributed by atoms with E-state index in [4.69, 9.17) is 17.3 Å². The average Bonchev–Trinajstić information content (AvgIpc) is 3.56. The summed E-state index contributed by atoms with van der Waals surface area (Å²) in [5, 5.41) is 33.3. The van der Waals surface area contributed by atoms with E-state index in [0.717, 1.165) is 0 Å². The van der Waals surface area contributed by atoms with Crippen molar-refractivity contribution in [3.63, 3.8) is 0 Å². The van der Waals surface area contributed by atoms with Gasteiger partial charge in [0.25, 0.3) is 5.91 Å². The molecule has 246 valence electrons. The number of anilines is 2. The Kier molecular flexibility index (Phi) is 11.5. The molecule has 46 heavy (non-hydrogen) atoms. The number of nitrogens with one attached hydrogen (secondary N) is 4. The fraction of sp³-hybridized carbons (Fsp3) is 0.433. The van der Waals surface area contributed by atoms with Gasteiger partial charge in [-0.2, -0.15) is 4.68 Å². The summed E-state index contributed by atoms with van der Waals surface area (Å²) in [7, 11) is 0. The molecule has 0 aliphatic carbocycles. The van der Waals surface area contributed by atoms with Crippen LogP contribution in [0.15, 0.2) is 48.8 Å². The number of urea groups is 1. The quantitative estimate of drug-likeness (QED) is 0.157. The SMILES string of the molecule is CC(C)C(C)NC(=O)[C@H](Cc1ccc(NC(=O)N2CCC(C(N)=O)CC2)cc1)NC(=O)C(O)Nc1cc(Cl)ccc1-n1cnnn1. The maximum atomic E-state index is 13.3. The van der Waals surface area contributed by atoms with Crippen molar-refractivity contribution >= 4 is 46.7 Å². The van der Waals surface area contributed by atoms with E-state index in [1.54, 1.807) is 41.3 Å². The molecule has 1 aliphatic rings. The van der Waals surface area contributed by atoms with Crippen LogP contribution >= 0.6 is 11.6 Å². The molecule has 16 heteroatoms. The Morgan fingerprint density at radius 3 is 2.33 bits per heavy atom. The smallest absolute Gasteiger partial charge is 0.321 e. The summed E-state index contributed by atoms with van der Waals surface area (Å²) in [6.07, 6.45) is 0.753. The maximum absolute atomic E-state index is 13.3. The summed E-state index contributed by atoms with van der Waals surface area (Å²) in [6, 6.07) is 10.1. The van der Waals surface area contributed by atoms with Gasteiger partial charge in [-0.15, -0.1) is 5.10 Å². The number of carbonyl (C=O) groups is 4. The number of aliphatic hydroxyl groups excluding tert-OH is 1. The van der Waals surface area contributed by atoms with E-state index >= 15 is 0 Å². The lowest BCUT2D eigenvalue weighted by atomic mass is 9.96. The Morgan fingerprint density at radius 1 is 1.02 bits per heavy atom. The second kappa shape index (κ2) is 15.5. The summed E-state index contributed by atoms with van der Waals surface area (Å²) in [5.74, 6) is -1.69. The minimum Gasteiger partial charge on any atom is -0.369 e. The van der Waals surface area contributed by atoms with Crippen LogP contribution in [0.3, 0.4) is 0 Å². The minimum atomic E-state index is -1.75. The van der Waals surface area contributed by atoms with Gasteiger partial charge in [-0.05, 0) is 72.0 Å². The standard InChI is InChI=1S/C30H39ClN10O5/c1-17(2)18(3)34-27(43)24(37-29(45)28(44)36-23-15-21(31)6-9-25(23)41-16-33-38-39-41)14-19-4-7-22(8-5-19)35-30(46)40-12-10-20(11-13-40)26(32)42/h4-9,15-18,20,24,28,36,44H,10-14H2,1-3H3,(H2,32,42)(H,34,43)(H,35,46)(H,37,45)/t18?,24-,28?/m0/s1. The molecule has 15 nitrogen and oxygen atoms in total. The van der Waals surface area contributed by atoms with Crippen LogP contribution in [0.5, 0.6) is 0 Å². The summed E-state index contributed by atoms with van der Waals surface area (Å²) < 4.78 is 1.34. The largest absolute Gasteiger partial charge is 0.369 e. The molecule has 2 heterocycles. The van der Waals surface area contributed by atoms with Crippen LogP contribution in [-0.4, -0.2) is 85.4 Å². The van der Waals surface area contributed by atoms with Crippen molar-refractivity contribution in [3.8, 4) is 5.69 Å². The zero-order chi connectivity index (χ0) is 33.4. The van der Waals surface area contributed by atoms with E-state index in [1.807, 2.05) is 20.8 Å². The first-order valence-corrected chi connectivity index (χ1v) is 15.3. The third kappa shape index (κ3) is 9.14. The zero-order valence-corrected chi connectivity index (χ0v) is 26.6. The number of nitrogens with zero attached hydrogens (tertiary/aromatic N) is 5. The number of benzene rings is 2. The van der Waals surface area contributed by atoms with Gasteiger partial charge in [0, 0.05) is 42.2 Å². The van der Waals surface area contributed by atoms with E-state index < -0.39 is 24.1 Å². The highest BCUT2D eigenvalue weighted by Gasteiger charge is 2.28. The fourth-order valence-corrected chi connectivity index (χ4v) is 4.96. The highest BCUT2D eigenvalue weighted by atomic mass is 35.5. The second-order valence-corrected chi connectivity index (χ2v) is 12.0. The third-order valence-corrected chi connectivity index (χ3v) is 8.16. The Balaban J connectivity index is 1.42. The van der Waals surface area contributed by atoms with Gasteiger partial charge in [0.2, 0.25) is 18.0 Å². The summed E-state index contributed by atoms with van der Waals surface area (Å²) in [5.41, 5.74) is 7.35. The summed E-state index contributed by atoms with van der Waals surface area (Å²) in [4.78, 5) is 52.3. The van der Waals surface area contributed by atoms with Crippen LogP contribution in [0, 0.1) is 11.8 Å². The minimum absolute atomic E-state index is 0.108. The van der Waals surface area contributed by atoms with Gasteiger partial charge < -0.3 is 37.0 Å². The lowest BCUT2D eigenvalue weighted by Gasteiger charge is -2.30. The van der Waals surface area contributed by atoms with Gasteiger partial charge in [0.05, 0.1) is 11.4 Å². The number of aromatic nitrogens is 4. The molecule has 1 aliphatic heterocycles. The monoisotopic (exact) mass is 654 g/mol. The van der Waals surface area contributed by atoms with Gasteiger partial charge >= 0.3 is 6.03 Å². The highest BCUT2D eigenvalue weighted by molar-refractivity contribution is 6.31. The van der Waals surface area contributed by atoms with E-state index in [9.17, 15) is 24.3 Å². The average molecular weight is 655 g/mol. The number of likely N-dealkylation sites (tertiary alicyclic amines) is 1. The van der Waals surface area contributed by atoms with Crippen LogP contribution in [-0.2, 0) is 20.8 Å². The van der Waals surface area contributed by atoms with Crippen LogP contribution in [0.25, 0.3) is 5.69 Å². The van der Waals surface area contributed by atoms with Gasteiger partial charge in [-0.3, -0.25) is 14.4 Å². The summed E-state index contributed by atoms with van der Waals surface area (Å²) >= 11 is 6.15. The molecular weight excluding hydrogens is 616 g/mol. The first kappa shape index (κ1) is 34.1. The molecule has 1 fully saturated rings. The zero-order valence-electron chi connectivity index (χ0n) is 25.8. The molecule has 0 saturated carbocycles. The predicted octanol–water partition coefficient (Wildman–Crippen LogP) is 1.66. The van der Waals surface area contributed by atoms with E-state index in [2.05, 4.69) is 36.8 Å². The molecule has 0 spiro atoms. The number of primary amides is 1. The number of aliphatic hydroxyl groups is 1. The third-order valence-electron chi connectivity index (χ3n) is 7.93. The van der Waals surface area contributed by atoms with Gasteiger partial charge in [0.15, 0.2) is 0 Å². The number of hydrogen-bond donors (Lipinski definition) is 6. The fourth-order valence-electron chi connectivity index (χ4n) is 4.79. The molecule has 4 rings (SSSR count). The first-order valence-electron chi connectivity index (χ1n) is 14.9. The number of rotatable bonds is 12. The number of halogens is 1. The number of hydrogen-bond acceptors (Lipinski definition) is 9. The van der Waals surface area contributed by atoms with Gasteiger partial charge in [0.1, 0.15) is 12.4 Å². The number of amides is 5. The van der Waals surface area contributed by atoms with Crippen molar-refractivity contribution in [2.75, 3.05) is 23.7 Å². The molecule has 3 atom stereocenters. The number of carbonyl (C=O) groups excluding carboxylic acids is 4. The molecule has 1 saturated heterocycles. The molecule has 1 aromatic heterocycles. The molecule has 5 amide bonds. The normalized spacial score (nSPS) is 15.5. The molecular formula is C30H39ClN10O5. The van der Waals surface area contributed by atoms with Crippen LogP contribution in [0.2, 0.25) is 5.02 Å². The second-order valence-electron chi connectivity index (χ2n) is 11.6. The predicted molar refractivity (Wildman–Crippen MR) is 171 cm³/mol. The van der Waals surface area contributed by atoms with Crippen molar-refractivity contribution < 1.29 is 24.3 Å². The van der Waals surface area contributed by atoms with Crippen molar-refractivity contribution in [3.05, 3.63) is 59.4 Å². The van der Waals surface area contributed by atoms with Crippen molar-refractivity contribution in [1.82, 2.24) is 35.7 Å². The lowest BCUT2D eigenvalue weighted by Crippen LogP contribution is -2.54. The lowest BCUT2D eigenvalue weighted by molar-refractivity contribution is -0.133. The van der Waals surface area contributed by atoms with E-state index in [1.165, 1.54) is 17.1 Å². The molecule has 7 N–H and O–H groups in total. The van der Waals surface area contributed by atoms with Crippen molar-refractivity contribution in [2.45, 2.75) is 58.3 Å². The Morgan fingerprint density at radius 2 is 1.72 bits per heavy atom. The Hall–Kier alpha value is -4.76. The van der Waals surface area contributed by atoms with Gasteiger partial charge in [-0.25, -0.2) is 4.79 Å². The molecule has 0 radical (unpaired) electrons. The van der Waals surface area contributed by atoms with Crippen LogP contribution in [0.1, 0.15) is 39.2 Å². The van der Waals surface area contributed by atoms with E-state index in [0.29, 0.717) is 47.9 Å². The van der Waals surface area contributed by atoms with Crippen molar-refractivity contribution in [1.29, 1.82) is 0 Å². The first-order chi connectivity index (χ1) is 21.9. The Bertz CT molecular complexity index is 1510. The number of nitrogens with two attached hydrogens (primary N) is 1. The van der Waals surface area contributed by atoms with Crippen molar-refractivity contribution in [2.24, 2.45) is 17.6 Å².